The molecule has 1 aliphatic carbocycles. The minimum absolute atomic E-state index is 0.0439. The Morgan fingerprint density at radius 1 is 1.29 bits per heavy atom. The predicted molar refractivity (Wildman–Crippen MR) is 104 cm³/mol. The molecule has 28 heavy (non-hydrogen) atoms. The molecule has 2 N–H and O–H groups in total. The number of thiophene rings is 1. The van der Waals surface area contributed by atoms with Crippen LogP contribution in [-0.4, -0.2) is 39.2 Å². The summed E-state index contributed by atoms with van der Waals surface area (Å²) < 4.78 is 13.3. The molecule has 144 valence electrons. The monoisotopic (exact) mass is 397 g/mol. The zero-order valence-electron chi connectivity index (χ0n) is 15.1. The molecule has 3 aromatic rings. The van der Waals surface area contributed by atoms with E-state index in [0.29, 0.717) is 25.2 Å². The zero-order chi connectivity index (χ0) is 19.3. The van der Waals surface area contributed by atoms with Crippen LogP contribution in [0.4, 0.5) is 4.39 Å². The topological polar surface area (TPSA) is 69.2 Å². The molecule has 0 spiro atoms. The number of nitrogens with zero attached hydrogens (tertiary/aromatic N) is 2. The van der Waals surface area contributed by atoms with Crippen LogP contribution in [0.1, 0.15) is 28.9 Å². The number of fused-ring (bicyclic) bond motifs is 1. The number of halogens is 1. The highest BCUT2D eigenvalue weighted by Gasteiger charge is 2.53. The number of aromatic amines is 1. The second kappa shape index (κ2) is 6.53. The van der Waals surface area contributed by atoms with Crippen molar-refractivity contribution < 1.29 is 14.3 Å². The van der Waals surface area contributed by atoms with Crippen molar-refractivity contribution in [3.05, 3.63) is 64.9 Å². The number of hydrogen-bond acceptors (Lipinski definition) is 4. The van der Waals surface area contributed by atoms with Crippen molar-refractivity contribution in [2.24, 2.45) is 11.8 Å². The average molecular weight is 397 g/mol. The SMILES string of the molecule is O=C(c1cc(-c2cccs2)[nH]n1)N1C[C@H]2CC[C@](O)(c3ccc(F)cc3)[C@H]2C1. The Kier molecular flexibility index (Phi) is 4.10. The van der Waals surface area contributed by atoms with Gasteiger partial charge in [-0.1, -0.05) is 18.2 Å². The number of carbonyl (C=O) groups excluding carboxylic acids is 1. The first kappa shape index (κ1) is 17.6. The van der Waals surface area contributed by atoms with Gasteiger partial charge in [0.15, 0.2) is 5.69 Å². The number of benzene rings is 1. The summed E-state index contributed by atoms with van der Waals surface area (Å²) >= 11 is 1.59. The number of likely N-dealkylation sites (tertiary alicyclic amines) is 1. The lowest BCUT2D eigenvalue weighted by Gasteiger charge is -2.30. The van der Waals surface area contributed by atoms with E-state index in [2.05, 4.69) is 10.2 Å². The van der Waals surface area contributed by atoms with E-state index < -0.39 is 5.60 Å². The normalized spacial score (nSPS) is 26.6. The highest BCUT2D eigenvalue weighted by Crippen LogP contribution is 2.50. The summed E-state index contributed by atoms with van der Waals surface area (Å²) in [5.41, 5.74) is 0.950. The van der Waals surface area contributed by atoms with E-state index in [1.54, 1.807) is 34.4 Å². The molecule has 5 rings (SSSR count). The van der Waals surface area contributed by atoms with Gasteiger partial charge < -0.3 is 10.0 Å². The molecule has 5 nitrogen and oxygen atoms in total. The average Bonchev–Trinajstić information content (AvgIpc) is 3.47. The number of rotatable bonds is 3. The third kappa shape index (κ3) is 2.77. The predicted octanol–water partition coefficient (Wildman–Crippen LogP) is 3.65. The molecule has 0 bridgehead atoms. The first-order valence-corrected chi connectivity index (χ1v) is 10.3. The molecule has 0 radical (unpaired) electrons. The van der Waals surface area contributed by atoms with Crippen LogP contribution in [0.2, 0.25) is 0 Å². The number of hydrogen-bond donors (Lipinski definition) is 2. The van der Waals surface area contributed by atoms with Gasteiger partial charge >= 0.3 is 0 Å². The number of H-pyrrole nitrogens is 1. The zero-order valence-corrected chi connectivity index (χ0v) is 16.0. The summed E-state index contributed by atoms with van der Waals surface area (Å²) in [6, 6.07) is 11.8. The highest BCUT2D eigenvalue weighted by molar-refractivity contribution is 7.13. The van der Waals surface area contributed by atoms with Crippen LogP contribution in [0.25, 0.3) is 10.6 Å². The maximum Gasteiger partial charge on any atom is 0.274 e. The lowest BCUT2D eigenvalue weighted by Crippen LogP contribution is -2.36. The van der Waals surface area contributed by atoms with Gasteiger partial charge in [0, 0.05) is 19.0 Å². The molecule has 1 saturated carbocycles. The Labute approximate surface area is 165 Å². The van der Waals surface area contributed by atoms with Crippen molar-refractivity contribution in [3.8, 4) is 10.6 Å². The van der Waals surface area contributed by atoms with Crippen molar-refractivity contribution in [2.75, 3.05) is 13.1 Å². The van der Waals surface area contributed by atoms with Gasteiger partial charge in [-0.15, -0.1) is 11.3 Å². The van der Waals surface area contributed by atoms with E-state index in [1.807, 2.05) is 17.5 Å². The Bertz CT molecular complexity index is 1000. The van der Waals surface area contributed by atoms with E-state index >= 15 is 0 Å². The van der Waals surface area contributed by atoms with Gasteiger partial charge in [-0.05, 0) is 54.0 Å². The number of aromatic nitrogens is 2. The van der Waals surface area contributed by atoms with Crippen LogP contribution < -0.4 is 0 Å². The van der Waals surface area contributed by atoms with Gasteiger partial charge in [0.25, 0.3) is 5.91 Å². The first-order chi connectivity index (χ1) is 13.5. The van der Waals surface area contributed by atoms with Crippen molar-refractivity contribution in [3.63, 3.8) is 0 Å². The Morgan fingerprint density at radius 2 is 2.11 bits per heavy atom. The molecule has 2 fully saturated rings. The van der Waals surface area contributed by atoms with Crippen LogP contribution in [0.5, 0.6) is 0 Å². The van der Waals surface area contributed by atoms with Crippen LogP contribution in [-0.2, 0) is 5.60 Å². The van der Waals surface area contributed by atoms with Crippen molar-refractivity contribution >= 4 is 17.2 Å². The molecule has 3 atom stereocenters. The fourth-order valence-corrected chi connectivity index (χ4v) is 5.40. The molecule has 1 saturated heterocycles. The summed E-state index contributed by atoms with van der Waals surface area (Å²) in [6.07, 6.45) is 1.49. The van der Waals surface area contributed by atoms with E-state index in [4.69, 9.17) is 0 Å². The molecular weight excluding hydrogens is 377 g/mol. The second-order valence-corrected chi connectivity index (χ2v) is 8.64. The molecule has 3 heterocycles. The van der Waals surface area contributed by atoms with E-state index in [9.17, 15) is 14.3 Å². The Hall–Kier alpha value is -2.51. The fourth-order valence-electron chi connectivity index (χ4n) is 4.71. The van der Waals surface area contributed by atoms with Gasteiger partial charge in [-0.3, -0.25) is 9.89 Å². The van der Waals surface area contributed by atoms with Crippen LogP contribution >= 0.6 is 11.3 Å². The van der Waals surface area contributed by atoms with Gasteiger partial charge in [0.2, 0.25) is 0 Å². The summed E-state index contributed by atoms with van der Waals surface area (Å²) in [5.74, 6) is -0.229. The molecule has 0 unspecified atom stereocenters. The lowest BCUT2D eigenvalue weighted by molar-refractivity contribution is -0.00596. The van der Waals surface area contributed by atoms with E-state index in [0.717, 1.165) is 22.6 Å². The third-order valence-electron chi connectivity index (χ3n) is 6.17. The highest BCUT2D eigenvalue weighted by atomic mass is 32.1. The fraction of sp³-hybridized carbons (Fsp3) is 0.333. The maximum atomic E-state index is 13.3. The minimum atomic E-state index is -1.01. The molecule has 2 aromatic heterocycles. The van der Waals surface area contributed by atoms with Gasteiger partial charge in [-0.25, -0.2) is 4.39 Å². The van der Waals surface area contributed by atoms with Crippen LogP contribution in [0.15, 0.2) is 47.8 Å². The number of amides is 1. The summed E-state index contributed by atoms with van der Waals surface area (Å²) in [6.45, 7) is 1.10. The maximum absolute atomic E-state index is 13.3. The molecular formula is C21H20FN3O2S. The van der Waals surface area contributed by atoms with Crippen LogP contribution in [0.3, 0.4) is 0 Å². The van der Waals surface area contributed by atoms with Crippen molar-refractivity contribution in [2.45, 2.75) is 18.4 Å². The second-order valence-electron chi connectivity index (χ2n) is 7.69. The molecule has 1 aromatic carbocycles. The van der Waals surface area contributed by atoms with E-state index in [-0.39, 0.29) is 23.6 Å². The standard InChI is InChI=1S/C21H20FN3O2S/c22-15-5-3-14(4-6-15)21(27)8-7-13-11-25(12-16(13)21)20(26)18-10-17(23-24-18)19-2-1-9-28-19/h1-6,9-10,13,16,27H,7-8,11-12H2,(H,23,24)/t13-,16+,21+/m1/s1. The molecule has 1 aliphatic heterocycles. The molecule has 2 aliphatic rings. The minimum Gasteiger partial charge on any atom is -0.385 e. The largest absolute Gasteiger partial charge is 0.385 e. The summed E-state index contributed by atoms with van der Waals surface area (Å²) in [4.78, 5) is 15.8. The Morgan fingerprint density at radius 3 is 2.86 bits per heavy atom. The van der Waals surface area contributed by atoms with Gasteiger partial charge in [-0.2, -0.15) is 5.10 Å². The first-order valence-electron chi connectivity index (χ1n) is 9.41. The number of aliphatic hydroxyl groups is 1. The van der Waals surface area contributed by atoms with Gasteiger partial charge in [0.1, 0.15) is 5.82 Å². The number of carbonyl (C=O) groups is 1. The van der Waals surface area contributed by atoms with Crippen LogP contribution in [0, 0.1) is 17.7 Å². The van der Waals surface area contributed by atoms with Crippen molar-refractivity contribution in [1.29, 1.82) is 0 Å². The number of nitrogens with one attached hydrogen (secondary N) is 1. The summed E-state index contributed by atoms with van der Waals surface area (Å²) in [5, 5.41) is 20.5. The lowest BCUT2D eigenvalue weighted by atomic mass is 9.82. The molecule has 7 heteroatoms. The van der Waals surface area contributed by atoms with Crippen molar-refractivity contribution in [1.82, 2.24) is 15.1 Å². The van der Waals surface area contributed by atoms with Gasteiger partial charge in [0.05, 0.1) is 16.2 Å². The van der Waals surface area contributed by atoms with E-state index in [1.165, 1.54) is 12.1 Å². The Balaban J connectivity index is 1.35. The smallest absolute Gasteiger partial charge is 0.274 e. The quantitative estimate of drug-likeness (QED) is 0.709. The summed E-state index contributed by atoms with van der Waals surface area (Å²) in [7, 11) is 0. The molecule has 1 amide bonds. The third-order valence-corrected chi connectivity index (χ3v) is 7.07.